The van der Waals surface area contributed by atoms with E-state index in [4.69, 9.17) is 0 Å². The van der Waals surface area contributed by atoms with E-state index in [2.05, 4.69) is 22.5 Å². The molecule has 0 N–H and O–H groups in total. The van der Waals surface area contributed by atoms with Crippen molar-refractivity contribution in [2.45, 2.75) is 0 Å². The first-order chi connectivity index (χ1) is 7.06. The minimum atomic E-state index is -0.389. The zero-order valence-corrected chi connectivity index (χ0v) is 9.90. The number of nitro benzene ring substituents is 1. The third kappa shape index (κ3) is 2.79. The highest BCUT2D eigenvalue weighted by atomic mass is 79.9. The molecule has 0 aliphatic heterocycles. The van der Waals surface area contributed by atoms with E-state index >= 15 is 0 Å². The smallest absolute Gasteiger partial charge is 0.293 e. The first kappa shape index (κ1) is 11.7. The van der Waals surface area contributed by atoms with Crippen LogP contribution in [0.5, 0.6) is 0 Å². The Balaban J connectivity index is 3.16. The number of likely N-dealkylation sites (N-methyl/N-ethyl adjacent to an activating group) is 1. The summed E-state index contributed by atoms with van der Waals surface area (Å²) in [5.74, 6) is 0. The monoisotopic (exact) mass is 270 g/mol. The molecule has 0 amide bonds. The van der Waals surface area contributed by atoms with Gasteiger partial charge in [-0.05, 0) is 12.1 Å². The lowest BCUT2D eigenvalue weighted by Gasteiger charge is -2.16. The maximum absolute atomic E-state index is 10.8. The Morgan fingerprint density at radius 1 is 1.67 bits per heavy atom. The summed E-state index contributed by atoms with van der Waals surface area (Å²) in [6.45, 7) is 4.17. The van der Waals surface area contributed by atoms with Crippen LogP contribution in [-0.2, 0) is 0 Å². The Bertz CT molecular complexity index is 393. The van der Waals surface area contributed by atoms with Gasteiger partial charge in [0.05, 0.1) is 4.92 Å². The van der Waals surface area contributed by atoms with Crippen molar-refractivity contribution in [1.82, 2.24) is 0 Å². The summed E-state index contributed by atoms with van der Waals surface area (Å²) in [5.41, 5.74) is 0.678. The van der Waals surface area contributed by atoms with Crippen LogP contribution in [0.15, 0.2) is 35.3 Å². The molecule has 0 saturated heterocycles. The zero-order valence-electron chi connectivity index (χ0n) is 8.31. The predicted octanol–water partition coefficient (Wildman–Crippen LogP) is 2.98. The maximum atomic E-state index is 10.8. The van der Waals surface area contributed by atoms with E-state index in [0.29, 0.717) is 16.7 Å². The van der Waals surface area contributed by atoms with E-state index in [1.54, 1.807) is 30.2 Å². The van der Waals surface area contributed by atoms with Crippen LogP contribution in [0, 0.1) is 10.1 Å². The first-order valence-corrected chi connectivity index (χ1v) is 5.11. The molecule has 0 aromatic heterocycles. The average molecular weight is 271 g/mol. The second-order valence-electron chi connectivity index (χ2n) is 3.06. The molecular weight excluding hydrogens is 260 g/mol. The molecule has 1 aromatic carbocycles. The molecular formula is C10H11BrN2O2. The molecule has 0 spiro atoms. The van der Waals surface area contributed by atoms with E-state index in [1.165, 1.54) is 6.07 Å². The number of benzene rings is 1. The summed E-state index contributed by atoms with van der Waals surface area (Å²) < 4.78 is 0.699. The predicted molar refractivity (Wildman–Crippen MR) is 64.3 cm³/mol. The minimum Gasteiger partial charge on any atom is -0.365 e. The number of nitrogens with zero attached hydrogens (tertiary/aromatic N) is 2. The third-order valence-electron chi connectivity index (χ3n) is 1.95. The average Bonchev–Trinajstić information content (AvgIpc) is 2.17. The van der Waals surface area contributed by atoms with Crippen molar-refractivity contribution in [2.24, 2.45) is 0 Å². The Kier molecular flexibility index (Phi) is 3.85. The normalized spacial score (nSPS) is 9.73. The van der Waals surface area contributed by atoms with Crippen LogP contribution in [-0.4, -0.2) is 18.5 Å². The number of hydrogen-bond acceptors (Lipinski definition) is 3. The van der Waals surface area contributed by atoms with Gasteiger partial charge in [0.1, 0.15) is 5.69 Å². The Morgan fingerprint density at radius 2 is 2.33 bits per heavy atom. The van der Waals surface area contributed by atoms with E-state index in [9.17, 15) is 10.1 Å². The van der Waals surface area contributed by atoms with Crippen molar-refractivity contribution in [2.75, 3.05) is 18.5 Å². The van der Waals surface area contributed by atoms with Gasteiger partial charge in [-0.1, -0.05) is 22.0 Å². The second-order valence-corrected chi connectivity index (χ2v) is 3.98. The van der Waals surface area contributed by atoms with E-state index in [0.717, 1.165) is 0 Å². The van der Waals surface area contributed by atoms with Crippen LogP contribution in [0.4, 0.5) is 11.4 Å². The molecule has 0 saturated carbocycles. The van der Waals surface area contributed by atoms with Gasteiger partial charge in [0.25, 0.3) is 5.69 Å². The van der Waals surface area contributed by atoms with Gasteiger partial charge < -0.3 is 4.90 Å². The van der Waals surface area contributed by atoms with Crippen LogP contribution < -0.4 is 4.90 Å². The lowest BCUT2D eigenvalue weighted by atomic mass is 10.2. The number of halogens is 1. The minimum absolute atomic E-state index is 0.0914. The van der Waals surface area contributed by atoms with Crippen LogP contribution in [0.25, 0.3) is 0 Å². The van der Waals surface area contributed by atoms with Crippen molar-refractivity contribution in [3.8, 4) is 0 Å². The zero-order chi connectivity index (χ0) is 11.4. The molecule has 5 heteroatoms. The highest BCUT2D eigenvalue weighted by Gasteiger charge is 2.16. The molecule has 0 heterocycles. The Labute approximate surface area is 96.5 Å². The topological polar surface area (TPSA) is 46.4 Å². The maximum Gasteiger partial charge on any atom is 0.293 e. The van der Waals surface area contributed by atoms with Gasteiger partial charge in [0.15, 0.2) is 0 Å². The number of nitro groups is 1. The van der Waals surface area contributed by atoms with Crippen molar-refractivity contribution in [1.29, 1.82) is 0 Å². The van der Waals surface area contributed by atoms with Crippen molar-refractivity contribution < 1.29 is 4.92 Å². The Morgan fingerprint density at radius 3 is 2.87 bits per heavy atom. The highest BCUT2D eigenvalue weighted by molar-refractivity contribution is 9.10. The first-order valence-electron chi connectivity index (χ1n) is 4.32. The van der Waals surface area contributed by atoms with E-state index < -0.39 is 0 Å². The second kappa shape index (κ2) is 4.93. The molecule has 0 aliphatic rings. The molecule has 0 atom stereocenters. The largest absolute Gasteiger partial charge is 0.365 e. The SMILES string of the molecule is C=CCN(C)c1ccc(Br)cc1[N+](=O)[O-]. The van der Waals surface area contributed by atoms with Gasteiger partial charge in [0.2, 0.25) is 0 Å². The third-order valence-corrected chi connectivity index (χ3v) is 2.44. The molecule has 1 rings (SSSR count). The molecule has 1 aromatic rings. The van der Waals surface area contributed by atoms with E-state index in [-0.39, 0.29) is 10.6 Å². The van der Waals surface area contributed by atoms with Gasteiger partial charge in [-0.2, -0.15) is 0 Å². The fraction of sp³-hybridized carbons (Fsp3) is 0.200. The lowest BCUT2D eigenvalue weighted by molar-refractivity contribution is -0.384. The summed E-state index contributed by atoms with van der Waals surface area (Å²) in [4.78, 5) is 12.2. The van der Waals surface area contributed by atoms with Crippen LogP contribution in [0.1, 0.15) is 0 Å². The number of anilines is 1. The van der Waals surface area contributed by atoms with Crippen molar-refractivity contribution >= 4 is 27.3 Å². The van der Waals surface area contributed by atoms with Gasteiger partial charge in [0, 0.05) is 24.1 Å². The Hall–Kier alpha value is -1.36. The van der Waals surface area contributed by atoms with Crippen molar-refractivity contribution in [3.63, 3.8) is 0 Å². The fourth-order valence-corrected chi connectivity index (χ4v) is 1.61. The quantitative estimate of drug-likeness (QED) is 0.480. The molecule has 15 heavy (non-hydrogen) atoms. The molecule has 80 valence electrons. The van der Waals surface area contributed by atoms with Crippen molar-refractivity contribution in [3.05, 3.63) is 45.4 Å². The highest BCUT2D eigenvalue weighted by Crippen LogP contribution is 2.30. The molecule has 0 radical (unpaired) electrons. The van der Waals surface area contributed by atoms with Gasteiger partial charge in [-0.25, -0.2) is 0 Å². The summed E-state index contributed by atoms with van der Waals surface area (Å²) in [6.07, 6.45) is 1.70. The van der Waals surface area contributed by atoms with Crippen LogP contribution in [0.2, 0.25) is 0 Å². The number of hydrogen-bond donors (Lipinski definition) is 0. The summed E-state index contributed by atoms with van der Waals surface area (Å²) in [5, 5.41) is 10.8. The molecule has 0 aliphatic carbocycles. The summed E-state index contributed by atoms with van der Waals surface area (Å²) >= 11 is 3.21. The lowest BCUT2D eigenvalue weighted by Crippen LogP contribution is -2.17. The fourth-order valence-electron chi connectivity index (χ4n) is 1.26. The van der Waals surface area contributed by atoms with Gasteiger partial charge >= 0.3 is 0 Å². The van der Waals surface area contributed by atoms with Gasteiger partial charge in [-0.15, -0.1) is 6.58 Å². The molecule has 4 nitrogen and oxygen atoms in total. The summed E-state index contributed by atoms with van der Waals surface area (Å²) in [7, 11) is 1.79. The van der Waals surface area contributed by atoms with Crippen LogP contribution in [0.3, 0.4) is 0 Å². The summed E-state index contributed by atoms with van der Waals surface area (Å²) in [6, 6.07) is 4.99. The number of rotatable bonds is 4. The molecule has 0 fully saturated rings. The van der Waals surface area contributed by atoms with Gasteiger partial charge in [-0.3, -0.25) is 10.1 Å². The van der Waals surface area contributed by atoms with E-state index in [1.807, 2.05) is 0 Å². The molecule has 0 unspecified atom stereocenters. The standard InChI is InChI=1S/C10H11BrN2O2/c1-3-6-12(2)9-5-4-8(11)7-10(9)13(14)15/h3-5,7H,1,6H2,2H3. The molecule has 0 bridgehead atoms. The van der Waals surface area contributed by atoms with Crippen LogP contribution >= 0.6 is 15.9 Å².